The van der Waals surface area contributed by atoms with Gasteiger partial charge >= 0.3 is 0 Å². The third-order valence-corrected chi connectivity index (χ3v) is 1.19. The molecule has 0 saturated carbocycles. The van der Waals surface area contributed by atoms with Crippen molar-refractivity contribution in [2.24, 2.45) is 0 Å². The van der Waals surface area contributed by atoms with Gasteiger partial charge in [0.2, 0.25) is 0 Å². The van der Waals surface area contributed by atoms with Crippen molar-refractivity contribution >= 4 is 0 Å². The fourth-order valence-corrected chi connectivity index (χ4v) is 0.628. The maximum atomic E-state index is 4.14. The fourth-order valence-electron chi connectivity index (χ4n) is 0.628. The Hall–Kier alpha value is -0.302. The Morgan fingerprint density at radius 2 is 1.77 bits per heavy atom. The van der Waals surface area contributed by atoms with Gasteiger partial charge in [0.05, 0.1) is 0 Å². The van der Waals surface area contributed by atoms with E-state index in [1.54, 1.807) is 0 Å². The Bertz CT molecular complexity index is 226. The predicted octanol–water partition coefficient (Wildman–Crippen LogP) is 2.13. The average Bonchev–Trinajstić information content (AvgIpc) is 2.08. The van der Waals surface area contributed by atoms with Crippen LogP contribution in [0.15, 0.2) is 0 Å². The fraction of sp³-hybridized carbons (Fsp3) is 0.667. The van der Waals surface area contributed by atoms with Gasteiger partial charge < -0.3 is 11.3 Å². The van der Waals surface area contributed by atoms with Gasteiger partial charge in [-0.3, -0.25) is 4.98 Å². The van der Waals surface area contributed by atoms with Gasteiger partial charge in [0, 0.05) is 21.1 Å². The average molecular weight is 350 g/mol. The summed E-state index contributed by atoms with van der Waals surface area (Å²) in [6.45, 7) is 9.94. The van der Waals surface area contributed by atoms with Crippen LogP contribution < -0.4 is 0 Å². The molecule has 0 aliphatic carbocycles. The van der Waals surface area contributed by atoms with Crippen LogP contribution in [-0.4, -0.2) is 15.2 Å². The van der Waals surface area contributed by atoms with Gasteiger partial charge in [0.1, 0.15) is 5.82 Å². The monoisotopic (exact) mass is 350 g/mol. The second-order valence-corrected chi connectivity index (χ2v) is 2.51. The summed E-state index contributed by atoms with van der Waals surface area (Å²) in [5.41, 5.74) is 0.882. The minimum absolute atomic E-state index is 0. The Morgan fingerprint density at radius 1 is 1.23 bits per heavy atom. The van der Waals surface area contributed by atoms with Gasteiger partial charge in [-0.15, -0.1) is 5.69 Å². The van der Waals surface area contributed by atoms with Crippen LogP contribution in [0.4, 0.5) is 0 Å². The first kappa shape index (κ1) is 15.2. The molecule has 3 nitrogen and oxygen atoms in total. The maximum Gasteiger partial charge on any atom is 0.141 e. The Balaban J connectivity index is 0. The van der Waals surface area contributed by atoms with Crippen LogP contribution in [0.3, 0.4) is 0 Å². The van der Waals surface area contributed by atoms with Gasteiger partial charge in [-0.05, 0) is 12.8 Å². The molecule has 1 rings (SSSR count). The second kappa shape index (κ2) is 8.30. The molecular formula is C9H16N3W-. The van der Waals surface area contributed by atoms with E-state index in [0.29, 0.717) is 11.7 Å². The van der Waals surface area contributed by atoms with Crippen LogP contribution in [0.1, 0.15) is 45.1 Å². The van der Waals surface area contributed by atoms with E-state index in [2.05, 4.69) is 35.2 Å². The van der Waals surface area contributed by atoms with E-state index in [1.165, 1.54) is 0 Å². The van der Waals surface area contributed by atoms with Crippen LogP contribution in [0.5, 0.6) is 0 Å². The van der Waals surface area contributed by atoms with E-state index in [9.17, 15) is 0 Å². The predicted molar refractivity (Wildman–Crippen MR) is 48.8 cm³/mol. The molecule has 0 spiro atoms. The summed E-state index contributed by atoms with van der Waals surface area (Å²) in [6, 6.07) is 0. The van der Waals surface area contributed by atoms with Crippen LogP contribution in [0.25, 0.3) is 0 Å². The zero-order valence-electron chi connectivity index (χ0n) is 8.83. The molecule has 0 bridgehead atoms. The summed E-state index contributed by atoms with van der Waals surface area (Å²) >= 11 is 0. The first-order valence-electron chi connectivity index (χ1n) is 4.29. The van der Waals surface area contributed by atoms with Crippen molar-refractivity contribution in [2.75, 3.05) is 0 Å². The molecule has 74 valence electrons. The van der Waals surface area contributed by atoms with Crippen LogP contribution in [0.2, 0.25) is 0 Å². The second-order valence-electron chi connectivity index (χ2n) is 2.51. The Morgan fingerprint density at radius 3 is 2.08 bits per heavy atom. The van der Waals surface area contributed by atoms with E-state index in [0.717, 1.165) is 5.69 Å². The van der Waals surface area contributed by atoms with Gasteiger partial charge in [-0.1, -0.05) is 27.7 Å². The quantitative estimate of drug-likeness (QED) is 0.729. The first-order chi connectivity index (χ1) is 5.70. The zero-order chi connectivity index (χ0) is 9.56. The Labute approximate surface area is 94.6 Å². The van der Waals surface area contributed by atoms with Gasteiger partial charge in [-0.2, -0.15) is 5.10 Å². The summed E-state index contributed by atoms with van der Waals surface area (Å²) in [6.07, 6.45) is 2.74. The van der Waals surface area contributed by atoms with Crippen molar-refractivity contribution in [1.82, 2.24) is 15.2 Å². The zero-order valence-corrected chi connectivity index (χ0v) is 11.8. The maximum absolute atomic E-state index is 4.14. The number of aryl methyl sites for hydroxylation is 1. The molecule has 0 saturated heterocycles. The molecule has 0 N–H and O–H groups in total. The van der Waals surface area contributed by atoms with Crippen molar-refractivity contribution in [3.63, 3.8) is 0 Å². The normalized spacial score (nSPS) is 8.46. The molecule has 0 radical (unpaired) electrons. The molecule has 0 fully saturated rings. The van der Waals surface area contributed by atoms with E-state index in [1.807, 2.05) is 20.8 Å². The van der Waals surface area contributed by atoms with E-state index in [4.69, 9.17) is 0 Å². The van der Waals surface area contributed by atoms with Crippen LogP contribution in [-0.2, 0) is 21.1 Å². The van der Waals surface area contributed by atoms with Gasteiger partial charge in [0.15, 0.2) is 0 Å². The smallest absolute Gasteiger partial charge is 0.141 e. The standard InChI is InChI=1S/C7H10N3.C2H6.W/c1-5(2)7-4-8-10-6(3)9-7;1-2;/h5H,1-3H3;1-2H3;/q-1;;. The van der Waals surface area contributed by atoms with Crippen molar-refractivity contribution in [3.8, 4) is 0 Å². The molecule has 13 heavy (non-hydrogen) atoms. The van der Waals surface area contributed by atoms with Crippen molar-refractivity contribution in [3.05, 3.63) is 17.7 Å². The molecule has 1 aromatic rings. The van der Waals surface area contributed by atoms with Gasteiger partial charge in [-0.25, -0.2) is 0 Å². The molecule has 1 aromatic heterocycles. The van der Waals surface area contributed by atoms with E-state index >= 15 is 0 Å². The minimum atomic E-state index is 0. The number of aromatic nitrogens is 3. The molecule has 0 aromatic carbocycles. The third-order valence-electron chi connectivity index (χ3n) is 1.19. The van der Waals surface area contributed by atoms with E-state index in [-0.39, 0.29) is 21.1 Å². The number of nitrogens with zero attached hydrogens (tertiary/aromatic N) is 3. The topological polar surface area (TPSA) is 38.7 Å². The summed E-state index contributed by atoms with van der Waals surface area (Å²) < 4.78 is 0. The first-order valence-corrected chi connectivity index (χ1v) is 4.29. The molecule has 1 heterocycles. The SMILES string of the molecule is CC.Cc1nn[c-]c(C(C)C)n1.[W]. The molecule has 0 amide bonds. The molecule has 0 aliphatic rings. The number of hydrogen-bond acceptors (Lipinski definition) is 3. The molecule has 4 heteroatoms. The number of hydrogen-bond donors (Lipinski definition) is 0. The van der Waals surface area contributed by atoms with Gasteiger partial charge in [0.25, 0.3) is 0 Å². The summed E-state index contributed by atoms with van der Waals surface area (Å²) in [5, 5.41) is 7.37. The van der Waals surface area contributed by atoms with E-state index < -0.39 is 0 Å². The number of rotatable bonds is 1. The third kappa shape index (κ3) is 5.86. The van der Waals surface area contributed by atoms with Crippen molar-refractivity contribution < 1.29 is 21.1 Å². The summed E-state index contributed by atoms with van der Waals surface area (Å²) in [7, 11) is 0. The summed E-state index contributed by atoms with van der Waals surface area (Å²) in [5.74, 6) is 1.09. The molecule has 0 aliphatic heterocycles. The van der Waals surface area contributed by atoms with Crippen molar-refractivity contribution in [2.45, 2.75) is 40.5 Å². The molecule has 0 unspecified atom stereocenters. The summed E-state index contributed by atoms with van der Waals surface area (Å²) in [4.78, 5) is 4.14. The minimum Gasteiger partial charge on any atom is -0.368 e. The molecular weight excluding hydrogens is 334 g/mol. The van der Waals surface area contributed by atoms with Crippen LogP contribution in [0, 0.1) is 13.1 Å². The van der Waals surface area contributed by atoms with Crippen LogP contribution >= 0.6 is 0 Å². The molecule has 0 atom stereocenters. The largest absolute Gasteiger partial charge is 0.368 e. The van der Waals surface area contributed by atoms with Crippen molar-refractivity contribution in [1.29, 1.82) is 0 Å². The Kier molecular flexibility index (Phi) is 9.70.